The summed E-state index contributed by atoms with van der Waals surface area (Å²) in [4.78, 5) is 8.76. The van der Waals surface area contributed by atoms with Crippen molar-refractivity contribution >= 4 is 11.3 Å². The molecule has 1 aliphatic heterocycles. The Morgan fingerprint density at radius 3 is 2.88 bits per heavy atom. The van der Waals surface area contributed by atoms with Crippen molar-refractivity contribution in [2.75, 3.05) is 6.54 Å². The summed E-state index contributed by atoms with van der Waals surface area (Å²) in [6, 6.07) is 4.48. The second kappa shape index (κ2) is 4.94. The van der Waals surface area contributed by atoms with Gasteiger partial charge in [0.25, 0.3) is 0 Å². The Bertz CT molecular complexity index is 474. The molecule has 2 aromatic heterocycles. The molecule has 3 nitrogen and oxygen atoms in total. The molecule has 0 bridgehead atoms. The van der Waals surface area contributed by atoms with Gasteiger partial charge in [0.05, 0.1) is 11.7 Å². The van der Waals surface area contributed by atoms with Crippen molar-refractivity contribution in [3.63, 3.8) is 0 Å². The van der Waals surface area contributed by atoms with Crippen LogP contribution in [0.2, 0.25) is 0 Å². The van der Waals surface area contributed by atoms with Crippen LogP contribution >= 0.6 is 11.3 Å². The average Bonchev–Trinajstić information content (AvgIpc) is 2.90. The van der Waals surface area contributed by atoms with E-state index in [1.54, 1.807) is 11.3 Å². The first kappa shape index (κ1) is 10.9. The second-order valence-corrected chi connectivity index (χ2v) is 5.17. The lowest BCUT2D eigenvalue weighted by Crippen LogP contribution is -2.26. The van der Waals surface area contributed by atoms with Crippen LogP contribution in [0.5, 0.6) is 0 Å². The third kappa shape index (κ3) is 2.37. The molecule has 1 N–H and O–H groups in total. The first-order valence-corrected chi connectivity index (χ1v) is 6.90. The van der Waals surface area contributed by atoms with E-state index in [2.05, 4.69) is 15.7 Å². The molecular formula is C13H15N3S. The van der Waals surface area contributed by atoms with Crippen molar-refractivity contribution in [1.82, 2.24) is 15.3 Å². The molecule has 4 heteroatoms. The fraction of sp³-hybridized carbons (Fsp3) is 0.385. The van der Waals surface area contributed by atoms with Crippen molar-refractivity contribution < 1.29 is 0 Å². The van der Waals surface area contributed by atoms with Crippen molar-refractivity contribution in [3.8, 4) is 10.6 Å². The molecule has 3 heterocycles. The summed E-state index contributed by atoms with van der Waals surface area (Å²) in [7, 11) is 0. The largest absolute Gasteiger partial charge is 0.309 e. The van der Waals surface area contributed by atoms with Crippen LogP contribution in [0, 0.1) is 0 Å². The van der Waals surface area contributed by atoms with Gasteiger partial charge in [-0.3, -0.25) is 4.98 Å². The van der Waals surface area contributed by atoms with Crippen molar-refractivity contribution in [1.29, 1.82) is 0 Å². The minimum Gasteiger partial charge on any atom is -0.309 e. The first-order chi connectivity index (χ1) is 8.43. The van der Waals surface area contributed by atoms with Gasteiger partial charge in [0.2, 0.25) is 0 Å². The lowest BCUT2D eigenvalue weighted by atomic mass is 10.0. The summed E-state index contributed by atoms with van der Waals surface area (Å²) in [6.45, 7) is 1.12. The standard InChI is InChI=1S/C13H15N3S/c1-2-6-15-11(3-1)12-9-17-13(16-12)10-4-7-14-8-5-10/h4-5,7-9,11,15H,1-3,6H2. The molecular weight excluding hydrogens is 230 g/mol. The Kier molecular flexibility index (Phi) is 3.16. The number of thiazole rings is 1. The topological polar surface area (TPSA) is 37.8 Å². The smallest absolute Gasteiger partial charge is 0.123 e. The van der Waals surface area contributed by atoms with E-state index >= 15 is 0 Å². The molecule has 1 fully saturated rings. The predicted molar refractivity (Wildman–Crippen MR) is 69.9 cm³/mol. The molecule has 0 saturated carbocycles. The number of nitrogens with one attached hydrogen (secondary N) is 1. The highest BCUT2D eigenvalue weighted by Crippen LogP contribution is 2.28. The van der Waals surface area contributed by atoms with Crippen molar-refractivity contribution in [3.05, 3.63) is 35.6 Å². The Labute approximate surface area is 105 Å². The normalized spacial score (nSPS) is 20.4. The molecule has 1 atom stereocenters. The third-order valence-corrected chi connectivity index (χ3v) is 4.03. The highest BCUT2D eigenvalue weighted by Gasteiger charge is 2.17. The molecule has 17 heavy (non-hydrogen) atoms. The van der Waals surface area contributed by atoms with E-state index < -0.39 is 0 Å². The monoisotopic (exact) mass is 245 g/mol. The van der Waals surface area contributed by atoms with Crippen LogP contribution in [0.25, 0.3) is 10.6 Å². The van der Waals surface area contributed by atoms with Crippen LogP contribution in [0.3, 0.4) is 0 Å². The van der Waals surface area contributed by atoms with E-state index in [4.69, 9.17) is 4.98 Å². The van der Waals surface area contributed by atoms with Crippen LogP contribution < -0.4 is 5.32 Å². The van der Waals surface area contributed by atoms with E-state index in [-0.39, 0.29) is 0 Å². The molecule has 0 aromatic carbocycles. The summed E-state index contributed by atoms with van der Waals surface area (Å²) in [5, 5.41) is 6.80. The Balaban J connectivity index is 1.83. The van der Waals surface area contributed by atoms with Gasteiger partial charge in [0.15, 0.2) is 0 Å². The van der Waals surface area contributed by atoms with E-state index in [1.165, 1.54) is 25.0 Å². The van der Waals surface area contributed by atoms with Gasteiger partial charge in [0.1, 0.15) is 5.01 Å². The number of pyridine rings is 1. The van der Waals surface area contributed by atoms with Gasteiger partial charge in [-0.25, -0.2) is 4.98 Å². The van der Waals surface area contributed by atoms with E-state index in [9.17, 15) is 0 Å². The minimum atomic E-state index is 0.454. The van der Waals surface area contributed by atoms with Gasteiger partial charge in [0, 0.05) is 23.3 Å². The summed E-state index contributed by atoms with van der Waals surface area (Å²) in [6.07, 6.45) is 7.43. The molecule has 0 amide bonds. The Morgan fingerprint density at radius 2 is 2.12 bits per heavy atom. The van der Waals surface area contributed by atoms with Crippen LogP contribution in [0.1, 0.15) is 31.0 Å². The predicted octanol–water partition coefficient (Wildman–Crippen LogP) is 3.02. The summed E-state index contributed by atoms with van der Waals surface area (Å²) in [5.74, 6) is 0. The maximum atomic E-state index is 4.73. The lowest BCUT2D eigenvalue weighted by Gasteiger charge is -2.21. The summed E-state index contributed by atoms with van der Waals surface area (Å²) < 4.78 is 0. The van der Waals surface area contributed by atoms with Crippen molar-refractivity contribution in [2.45, 2.75) is 25.3 Å². The van der Waals surface area contributed by atoms with Gasteiger partial charge in [-0.05, 0) is 31.5 Å². The number of hydrogen-bond donors (Lipinski definition) is 1. The van der Waals surface area contributed by atoms with E-state index in [1.807, 2.05) is 24.5 Å². The molecule has 2 aromatic rings. The van der Waals surface area contributed by atoms with E-state index in [0.29, 0.717) is 6.04 Å². The number of hydrogen-bond acceptors (Lipinski definition) is 4. The molecule has 0 aliphatic carbocycles. The lowest BCUT2D eigenvalue weighted by molar-refractivity contribution is 0.407. The first-order valence-electron chi connectivity index (χ1n) is 6.03. The molecule has 0 spiro atoms. The van der Waals surface area contributed by atoms with Gasteiger partial charge >= 0.3 is 0 Å². The molecule has 1 aliphatic rings. The molecule has 1 unspecified atom stereocenters. The third-order valence-electron chi connectivity index (χ3n) is 3.12. The Hall–Kier alpha value is -1.26. The minimum absolute atomic E-state index is 0.454. The fourth-order valence-corrected chi connectivity index (χ4v) is 3.06. The summed E-state index contributed by atoms with van der Waals surface area (Å²) in [5.41, 5.74) is 2.36. The van der Waals surface area contributed by atoms with Crippen LogP contribution in [0.4, 0.5) is 0 Å². The molecule has 3 rings (SSSR count). The average molecular weight is 245 g/mol. The summed E-state index contributed by atoms with van der Waals surface area (Å²) >= 11 is 1.72. The Morgan fingerprint density at radius 1 is 1.24 bits per heavy atom. The van der Waals surface area contributed by atoms with Crippen molar-refractivity contribution in [2.24, 2.45) is 0 Å². The highest BCUT2D eigenvalue weighted by molar-refractivity contribution is 7.13. The zero-order valence-corrected chi connectivity index (χ0v) is 10.4. The van der Waals surface area contributed by atoms with Gasteiger partial charge in [-0.2, -0.15) is 0 Å². The number of piperidine rings is 1. The quantitative estimate of drug-likeness (QED) is 0.883. The maximum absolute atomic E-state index is 4.73. The molecule has 0 radical (unpaired) electrons. The number of rotatable bonds is 2. The van der Waals surface area contributed by atoms with Gasteiger partial charge in [-0.15, -0.1) is 11.3 Å². The highest BCUT2D eigenvalue weighted by atomic mass is 32.1. The SMILES string of the molecule is c1cc(-c2nc(C3CCCCN3)cs2)ccn1. The fourth-order valence-electron chi connectivity index (χ4n) is 2.18. The van der Waals surface area contributed by atoms with Gasteiger partial charge < -0.3 is 5.32 Å². The second-order valence-electron chi connectivity index (χ2n) is 4.32. The van der Waals surface area contributed by atoms with E-state index in [0.717, 1.165) is 17.1 Å². The molecule has 1 saturated heterocycles. The van der Waals surface area contributed by atoms with Crippen LogP contribution in [0.15, 0.2) is 29.9 Å². The van der Waals surface area contributed by atoms with Crippen LogP contribution in [-0.4, -0.2) is 16.5 Å². The number of aromatic nitrogens is 2. The van der Waals surface area contributed by atoms with Gasteiger partial charge in [-0.1, -0.05) is 6.42 Å². The van der Waals surface area contributed by atoms with Crippen LogP contribution in [-0.2, 0) is 0 Å². The number of nitrogens with zero attached hydrogens (tertiary/aromatic N) is 2. The maximum Gasteiger partial charge on any atom is 0.123 e. The molecule has 88 valence electrons. The zero-order chi connectivity index (χ0) is 11.5. The zero-order valence-electron chi connectivity index (χ0n) is 9.60.